The first-order valence-electron chi connectivity index (χ1n) is 9.02. The van der Waals surface area contributed by atoms with Crippen LogP contribution in [0, 0.1) is 6.92 Å². The fourth-order valence-electron chi connectivity index (χ4n) is 3.59. The number of anilines is 3. The van der Waals surface area contributed by atoms with Gasteiger partial charge >= 0.3 is 0 Å². The molecule has 1 aromatic heterocycles. The molecule has 2 aliphatic heterocycles. The molecule has 1 aromatic carbocycles. The minimum Gasteiger partial charge on any atom is -0.454 e. The standard InChI is InChI=1S/C19H24N4O2/c1-3-15-6-4-5-9-23(15)18-10-13(2)20-19(22-18)21-14-7-8-16-17(11-14)25-12-24-16/h7-8,10-11,15H,3-6,9,12H2,1-2H3,(H,20,21,22). The van der Waals surface area contributed by atoms with Crippen LogP contribution in [-0.2, 0) is 0 Å². The number of hydrogen-bond acceptors (Lipinski definition) is 6. The topological polar surface area (TPSA) is 59.5 Å². The lowest BCUT2D eigenvalue weighted by atomic mass is 10.00. The summed E-state index contributed by atoms with van der Waals surface area (Å²) in [4.78, 5) is 11.8. The van der Waals surface area contributed by atoms with Crippen LogP contribution >= 0.6 is 0 Å². The summed E-state index contributed by atoms with van der Waals surface area (Å²) in [6.45, 7) is 5.61. The molecule has 0 aliphatic carbocycles. The Labute approximate surface area is 148 Å². The number of fused-ring (bicyclic) bond motifs is 1. The minimum atomic E-state index is 0.275. The van der Waals surface area contributed by atoms with Gasteiger partial charge in [0.2, 0.25) is 12.7 Å². The van der Waals surface area contributed by atoms with Crippen molar-refractivity contribution in [1.82, 2.24) is 9.97 Å². The van der Waals surface area contributed by atoms with Crippen LogP contribution in [0.5, 0.6) is 11.5 Å². The Morgan fingerprint density at radius 3 is 2.92 bits per heavy atom. The zero-order valence-electron chi connectivity index (χ0n) is 14.8. The summed E-state index contributed by atoms with van der Waals surface area (Å²) in [6.07, 6.45) is 4.92. The second kappa shape index (κ2) is 6.78. The molecule has 1 unspecified atom stereocenters. The number of nitrogens with one attached hydrogen (secondary N) is 1. The number of aryl methyl sites for hydroxylation is 1. The van der Waals surface area contributed by atoms with E-state index in [1.165, 1.54) is 19.3 Å². The van der Waals surface area contributed by atoms with Crippen molar-refractivity contribution in [3.63, 3.8) is 0 Å². The molecular formula is C19H24N4O2. The summed E-state index contributed by atoms with van der Waals surface area (Å²) in [6, 6.07) is 8.43. The average molecular weight is 340 g/mol. The van der Waals surface area contributed by atoms with Gasteiger partial charge in [-0.25, -0.2) is 4.98 Å². The lowest BCUT2D eigenvalue weighted by molar-refractivity contribution is 0.174. The molecule has 25 heavy (non-hydrogen) atoms. The normalized spacial score (nSPS) is 19.1. The Morgan fingerprint density at radius 1 is 1.16 bits per heavy atom. The van der Waals surface area contributed by atoms with E-state index in [0.29, 0.717) is 12.0 Å². The fraction of sp³-hybridized carbons (Fsp3) is 0.474. The van der Waals surface area contributed by atoms with Crippen LogP contribution in [0.25, 0.3) is 0 Å². The molecule has 1 fully saturated rings. The molecule has 6 heteroatoms. The highest BCUT2D eigenvalue weighted by molar-refractivity contribution is 5.61. The third kappa shape index (κ3) is 3.34. The number of piperidine rings is 1. The lowest BCUT2D eigenvalue weighted by Gasteiger charge is -2.36. The molecule has 6 nitrogen and oxygen atoms in total. The summed E-state index contributed by atoms with van der Waals surface area (Å²) in [5.74, 6) is 3.16. The van der Waals surface area contributed by atoms with E-state index in [1.54, 1.807) is 0 Å². The van der Waals surface area contributed by atoms with Crippen molar-refractivity contribution < 1.29 is 9.47 Å². The maximum Gasteiger partial charge on any atom is 0.231 e. The first-order valence-corrected chi connectivity index (χ1v) is 9.02. The second-order valence-corrected chi connectivity index (χ2v) is 6.64. The predicted molar refractivity (Wildman–Crippen MR) is 97.9 cm³/mol. The van der Waals surface area contributed by atoms with Crippen LogP contribution in [0.15, 0.2) is 24.3 Å². The number of hydrogen-bond donors (Lipinski definition) is 1. The largest absolute Gasteiger partial charge is 0.454 e. The zero-order valence-corrected chi connectivity index (χ0v) is 14.8. The molecule has 132 valence electrons. The molecule has 0 saturated carbocycles. The molecule has 4 rings (SSSR count). The smallest absolute Gasteiger partial charge is 0.231 e. The van der Waals surface area contributed by atoms with E-state index in [0.717, 1.165) is 41.7 Å². The third-order valence-electron chi connectivity index (χ3n) is 4.86. The lowest BCUT2D eigenvalue weighted by Crippen LogP contribution is -2.39. The molecule has 1 saturated heterocycles. The van der Waals surface area contributed by atoms with Gasteiger partial charge in [0.05, 0.1) is 0 Å². The molecule has 2 aromatic rings. The number of rotatable bonds is 4. The van der Waals surface area contributed by atoms with Gasteiger partial charge in [-0.05, 0) is 44.7 Å². The van der Waals surface area contributed by atoms with Gasteiger partial charge in [0.25, 0.3) is 0 Å². The molecule has 0 radical (unpaired) electrons. The molecule has 0 spiro atoms. The molecular weight excluding hydrogens is 316 g/mol. The summed E-state index contributed by atoms with van der Waals surface area (Å²) in [5, 5.41) is 3.30. The number of ether oxygens (including phenoxy) is 2. The molecule has 3 heterocycles. The van der Waals surface area contributed by atoms with Crippen molar-refractivity contribution in [1.29, 1.82) is 0 Å². The van der Waals surface area contributed by atoms with E-state index in [9.17, 15) is 0 Å². The van der Waals surface area contributed by atoms with Crippen LogP contribution in [0.2, 0.25) is 0 Å². The van der Waals surface area contributed by atoms with E-state index >= 15 is 0 Å². The van der Waals surface area contributed by atoms with Gasteiger partial charge in [0.1, 0.15) is 5.82 Å². The van der Waals surface area contributed by atoms with Crippen molar-refractivity contribution in [2.45, 2.75) is 45.6 Å². The van der Waals surface area contributed by atoms with Gasteiger partial charge in [0.15, 0.2) is 11.5 Å². The average Bonchev–Trinajstić information content (AvgIpc) is 3.09. The van der Waals surface area contributed by atoms with E-state index in [2.05, 4.69) is 28.2 Å². The highest BCUT2D eigenvalue weighted by atomic mass is 16.7. The van der Waals surface area contributed by atoms with Gasteiger partial charge in [-0.1, -0.05) is 6.92 Å². The zero-order chi connectivity index (χ0) is 17.2. The van der Waals surface area contributed by atoms with E-state index in [-0.39, 0.29) is 6.79 Å². The fourth-order valence-corrected chi connectivity index (χ4v) is 3.59. The highest BCUT2D eigenvalue weighted by Crippen LogP contribution is 2.35. The Morgan fingerprint density at radius 2 is 2.04 bits per heavy atom. The quantitative estimate of drug-likeness (QED) is 0.907. The summed E-state index contributed by atoms with van der Waals surface area (Å²) >= 11 is 0. The van der Waals surface area contributed by atoms with Crippen LogP contribution in [-0.4, -0.2) is 29.3 Å². The minimum absolute atomic E-state index is 0.275. The highest BCUT2D eigenvalue weighted by Gasteiger charge is 2.23. The third-order valence-corrected chi connectivity index (χ3v) is 4.86. The monoisotopic (exact) mass is 340 g/mol. The Hall–Kier alpha value is -2.50. The van der Waals surface area contributed by atoms with Crippen molar-refractivity contribution in [2.75, 3.05) is 23.6 Å². The Kier molecular flexibility index (Phi) is 4.34. The number of aromatic nitrogens is 2. The SMILES string of the molecule is CCC1CCCCN1c1cc(C)nc(Nc2ccc3c(c2)OCO3)n1. The van der Waals surface area contributed by atoms with Crippen molar-refractivity contribution in [3.8, 4) is 11.5 Å². The molecule has 1 atom stereocenters. The van der Waals surface area contributed by atoms with Crippen LogP contribution in [0.4, 0.5) is 17.5 Å². The molecule has 2 aliphatic rings. The molecule has 1 N–H and O–H groups in total. The maximum atomic E-state index is 5.44. The first-order chi connectivity index (χ1) is 12.2. The summed E-state index contributed by atoms with van der Waals surface area (Å²) in [5.41, 5.74) is 1.86. The summed E-state index contributed by atoms with van der Waals surface area (Å²) < 4.78 is 10.8. The molecule has 0 amide bonds. The first kappa shape index (κ1) is 16.0. The van der Waals surface area contributed by atoms with Gasteiger partial charge in [0, 0.05) is 36.1 Å². The molecule has 0 bridgehead atoms. The summed E-state index contributed by atoms with van der Waals surface area (Å²) in [7, 11) is 0. The van der Waals surface area contributed by atoms with E-state index < -0.39 is 0 Å². The van der Waals surface area contributed by atoms with Gasteiger partial charge in [-0.3, -0.25) is 0 Å². The van der Waals surface area contributed by atoms with Gasteiger partial charge < -0.3 is 19.7 Å². The Bertz CT molecular complexity index is 765. The number of benzene rings is 1. The maximum absolute atomic E-state index is 5.44. The van der Waals surface area contributed by atoms with Gasteiger partial charge in [-0.15, -0.1) is 0 Å². The van der Waals surface area contributed by atoms with Crippen LogP contribution in [0.1, 0.15) is 38.3 Å². The number of nitrogens with zero attached hydrogens (tertiary/aromatic N) is 3. The van der Waals surface area contributed by atoms with E-state index in [1.807, 2.05) is 25.1 Å². The van der Waals surface area contributed by atoms with Crippen LogP contribution < -0.4 is 19.7 Å². The predicted octanol–water partition coefficient (Wildman–Crippen LogP) is 4.03. The van der Waals surface area contributed by atoms with Crippen molar-refractivity contribution in [3.05, 3.63) is 30.0 Å². The van der Waals surface area contributed by atoms with E-state index in [4.69, 9.17) is 14.5 Å². The van der Waals surface area contributed by atoms with Crippen molar-refractivity contribution >= 4 is 17.5 Å². The van der Waals surface area contributed by atoms with Crippen LogP contribution in [0.3, 0.4) is 0 Å². The van der Waals surface area contributed by atoms with Crippen molar-refractivity contribution in [2.24, 2.45) is 0 Å². The second-order valence-electron chi connectivity index (χ2n) is 6.64. The Balaban J connectivity index is 1.59. The van der Waals surface area contributed by atoms with Gasteiger partial charge in [-0.2, -0.15) is 4.98 Å².